The molecule has 1 aromatic rings. The van der Waals surface area contributed by atoms with Crippen molar-refractivity contribution in [3.8, 4) is 11.5 Å². The van der Waals surface area contributed by atoms with Gasteiger partial charge in [-0.05, 0) is 6.07 Å². The van der Waals surface area contributed by atoms with Gasteiger partial charge in [0.1, 0.15) is 0 Å². The fourth-order valence-corrected chi connectivity index (χ4v) is 1.22. The van der Waals surface area contributed by atoms with E-state index in [2.05, 4.69) is 0 Å². The van der Waals surface area contributed by atoms with Crippen LogP contribution >= 0.6 is 0 Å². The van der Waals surface area contributed by atoms with Crippen LogP contribution in [0, 0.1) is 0 Å². The lowest BCUT2D eigenvalue weighted by molar-refractivity contribution is 0.112. The van der Waals surface area contributed by atoms with Gasteiger partial charge in [-0.2, -0.15) is 0 Å². The molecule has 0 fully saturated rings. The van der Waals surface area contributed by atoms with Crippen molar-refractivity contribution >= 4 is 12.0 Å². The Kier molecular flexibility index (Phi) is 2.96. The summed E-state index contributed by atoms with van der Waals surface area (Å²) in [6, 6.07) is 3.01. The van der Waals surface area contributed by atoms with Crippen molar-refractivity contribution < 1.29 is 14.6 Å². The molecule has 0 amide bonds. The number of ether oxygens (including phenoxy) is 1. The van der Waals surface area contributed by atoms with Gasteiger partial charge in [-0.1, -0.05) is 0 Å². The molecule has 0 aromatic heterocycles. The van der Waals surface area contributed by atoms with Crippen molar-refractivity contribution in [3.63, 3.8) is 0 Å². The Morgan fingerprint density at radius 1 is 1.43 bits per heavy atom. The highest BCUT2D eigenvalue weighted by Crippen LogP contribution is 2.32. The van der Waals surface area contributed by atoms with E-state index in [1.807, 2.05) is 14.1 Å². The highest BCUT2D eigenvalue weighted by molar-refractivity contribution is 5.86. The van der Waals surface area contributed by atoms with Crippen LogP contribution in [0.3, 0.4) is 0 Å². The Labute approximate surface area is 82.7 Å². The van der Waals surface area contributed by atoms with Crippen molar-refractivity contribution in [2.45, 2.75) is 0 Å². The molecule has 14 heavy (non-hydrogen) atoms. The van der Waals surface area contributed by atoms with Crippen LogP contribution in [0.5, 0.6) is 11.5 Å². The first-order chi connectivity index (χ1) is 6.60. The summed E-state index contributed by atoms with van der Waals surface area (Å²) in [5, 5.41) is 9.43. The molecule has 1 rings (SSSR count). The van der Waals surface area contributed by atoms with Gasteiger partial charge in [0.2, 0.25) is 0 Å². The second-order valence-corrected chi connectivity index (χ2v) is 3.10. The second-order valence-electron chi connectivity index (χ2n) is 3.10. The molecular formula is C10H13NO3. The predicted molar refractivity (Wildman–Crippen MR) is 54.4 cm³/mol. The van der Waals surface area contributed by atoms with Crippen molar-refractivity contribution in [1.82, 2.24) is 0 Å². The molecule has 0 saturated carbocycles. The lowest BCUT2D eigenvalue weighted by Gasteiger charge is -2.16. The van der Waals surface area contributed by atoms with Crippen LogP contribution < -0.4 is 9.64 Å². The Balaban J connectivity index is 3.32. The minimum atomic E-state index is -0.0276. The van der Waals surface area contributed by atoms with Crippen LogP contribution in [0.25, 0.3) is 0 Å². The van der Waals surface area contributed by atoms with Gasteiger partial charge >= 0.3 is 0 Å². The summed E-state index contributed by atoms with van der Waals surface area (Å²) >= 11 is 0. The monoisotopic (exact) mass is 195 g/mol. The summed E-state index contributed by atoms with van der Waals surface area (Å²) < 4.78 is 4.94. The van der Waals surface area contributed by atoms with Gasteiger partial charge < -0.3 is 14.7 Å². The molecule has 4 heteroatoms. The molecule has 0 aliphatic carbocycles. The highest BCUT2D eigenvalue weighted by Gasteiger charge is 2.10. The maximum Gasteiger partial charge on any atom is 0.162 e. The second kappa shape index (κ2) is 4.00. The standard InChI is InChI=1S/C10H13NO3/c1-11(2)8-5-10(14-3)9(13)4-7(8)6-12/h4-6,13H,1-3H3. The third-order valence-corrected chi connectivity index (χ3v) is 1.94. The van der Waals surface area contributed by atoms with Crippen LogP contribution in [0.2, 0.25) is 0 Å². The molecule has 0 unspecified atom stereocenters. The minimum absolute atomic E-state index is 0.0276. The number of carbonyl (C=O) groups excluding carboxylic acids is 1. The van der Waals surface area contributed by atoms with E-state index in [1.165, 1.54) is 13.2 Å². The van der Waals surface area contributed by atoms with E-state index in [4.69, 9.17) is 4.74 Å². The molecule has 0 aliphatic heterocycles. The number of nitrogens with zero attached hydrogens (tertiary/aromatic N) is 1. The van der Waals surface area contributed by atoms with Gasteiger partial charge in [0.05, 0.1) is 12.8 Å². The molecule has 0 saturated heterocycles. The Bertz CT molecular complexity index is 347. The van der Waals surface area contributed by atoms with Crippen LogP contribution in [0.4, 0.5) is 5.69 Å². The van der Waals surface area contributed by atoms with E-state index < -0.39 is 0 Å². The Hall–Kier alpha value is -1.71. The van der Waals surface area contributed by atoms with Gasteiger partial charge in [-0.25, -0.2) is 0 Å². The van der Waals surface area contributed by atoms with E-state index in [0.717, 1.165) is 5.69 Å². The number of carbonyl (C=O) groups is 1. The number of phenolic OH excluding ortho intramolecular Hbond substituents is 1. The first-order valence-electron chi connectivity index (χ1n) is 4.13. The summed E-state index contributed by atoms with van der Waals surface area (Å²) in [6.45, 7) is 0. The average Bonchev–Trinajstić information content (AvgIpc) is 2.16. The average molecular weight is 195 g/mol. The number of hydrogen-bond donors (Lipinski definition) is 1. The Morgan fingerprint density at radius 2 is 2.07 bits per heavy atom. The van der Waals surface area contributed by atoms with Crippen LogP contribution in [-0.2, 0) is 0 Å². The van der Waals surface area contributed by atoms with Crippen LogP contribution in [0.1, 0.15) is 10.4 Å². The number of methoxy groups -OCH3 is 1. The first-order valence-corrected chi connectivity index (χ1v) is 4.13. The predicted octanol–water partition coefficient (Wildman–Crippen LogP) is 1.28. The van der Waals surface area contributed by atoms with Crippen molar-refractivity contribution in [2.24, 2.45) is 0 Å². The number of phenols is 1. The number of aromatic hydroxyl groups is 1. The van der Waals surface area contributed by atoms with E-state index >= 15 is 0 Å². The largest absolute Gasteiger partial charge is 0.504 e. The lowest BCUT2D eigenvalue weighted by Crippen LogP contribution is -2.11. The van der Waals surface area contributed by atoms with Gasteiger partial charge in [0.25, 0.3) is 0 Å². The zero-order chi connectivity index (χ0) is 10.7. The summed E-state index contributed by atoms with van der Waals surface area (Å²) in [5.41, 5.74) is 1.16. The van der Waals surface area contributed by atoms with Gasteiger partial charge in [0, 0.05) is 25.7 Å². The third kappa shape index (κ3) is 1.79. The smallest absolute Gasteiger partial charge is 0.162 e. The maximum atomic E-state index is 10.7. The Morgan fingerprint density at radius 3 is 2.50 bits per heavy atom. The van der Waals surface area contributed by atoms with Gasteiger partial charge in [-0.3, -0.25) is 4.79 Å². The summed E-state index contributed by atoms with van der Waals surface area (Å²) in [7, 11) is 5.10. The van der Waals surface area contributed by atoms with Gasteiger partial charge in [0.15, 0.2) is 17.8 Å². The first kappa shape index (κ1) is 10.4. The molecule has 0 atom stereocenters. The van der Waals surface area contributed by atoms with Crippen molar-refractivity contribution in [2.75, 3.05) is 26.1 Å². The van der Waals surface area contributed by atoms with Crippen LogP contribution in [-0.4, -0.2) is 32.6 Å². The third-order valence-electron chi connectivity index (χ3n) is 1.94. The maximum absolute atomic E-state index is 10.7. The molecule has 1 N–H and O–H groups in total. The normalized spacial score (nSPS) is 9.64. The lowest BCUT2D eigenvalue weighted by atomic mass is 10.1. The van der Waals surface area contributed by atoms with E-state index in [9.17, 15) is 9.90 Å². The number of benzene rings is 1. The van der Waals surface area contributed by atoms with Gasteiger partial charge in [-0.15, -0.1) is 0 Å². The molecule has 0 aliphatic rings. The molecule has 0 heterocycles. The molecule has 4 nitrogen and oxygen atoms in total. The zero-order valence-electron chi connectivity index (χ0n) is 8.44. The quantitative estimate of drug-likeness (QED) is 0.738. The fourth-order valence-electron chi connectivity index (χ4n) is 1.22. The molecule has 0 spiro atoms. The summed E-state index contributed by atoms with van der Waals surface area (Å²) in [4.78, 5) is 12.5. The van der Waals surface area contributed by atoms with Crippen LogP contribution in [0.15, 0.2) is 12.1 Å². The SMILES string of the molecule is COc1cc(N(C)C)c(C=O)cc1O. The van der Waals surface area contributed by atoms with E-state index in [1.54, 1.807) is 11.0 Å². The molecular weight excluding hydrogens is 182 g/mol. The van der Waals surface area contributed by atoms with E-state index in [0.29, 0.717) is 17.6 Å². The fraction of sp³-hybridized carbons (Fsp3) is 0.300. The summed E-state index contributed by atoms with van der Waals surface area (Å²) in [5.74, 6) is 0.333. The highest BCUT2D eigenvalue weighted by atomic mass is 16.5. The van der Waals surface area contributed by atoms with Crippen molar-refractivity contribution in [3.05, 3.63) is 17.7 Å². The minimum Gasteiger partial charge on any atom is -0.504 e. The molecule has 1 aromatic carbocycles. The topological polar surface area (TPSA) is 49.8 Å². The molecule has 0 bridgehead atoms. The number of aldehydes is 1. The number of rotatable bonds is 3. The number of hydrogen-bond acceptors (Lipinski definition) is 4. The van der Waals surface area contributed by atoms with Crippen molar-refractivity contribution in [1.29, 1.82) is 0 Å². The molecule has 76 valence electrons. The molecule has 0 radical (unpaired) electrons. The summed E-state index contributed by atoms with van der Waals surface area (Å²) in [6.07, 6.45) is 0.703. The zero-order valence-corrected chi connectivity index (χ0v) is 8.44. The van der Waals surface area contributed by atoms with E-state index in [-0.39, 0.29) is 5.75 Å². The number of anilines is 1.